The smallest absolute Gasteiger partial charge is 0.126 e. The number of halogens is 2. The first-order chi connectivity index (χ1) is 6.74. The SMILES string of the molecule is COc1ccc(Br)c2c(Br)nccc12. The van der Waals surface area contributed by atoms with E-state index < -0.39 is 0 Å². The van der Waals surface area contributed by atoms with Crippen LogP contribution in [-0.2, 0) is 0 Å². The summed E-state index contributed by atoms with van der Waals surface area (Å²) < 4.78 is 7.10. The van der Waals surface area contributed by atoms with E-state index in [4.69, 9.17) is 4.74 Å². The second-order valence-electron chi connectivity index (χ2n) is 2.77. The van der Waals surface area contributed by atoms with Crippen molar-refractivity contribution in [3.8, 4) is 5.75 Å². The predicted octanol–water partition coefficient (Wildman–Crippen LogP) is 3.77. The number of ether oxygens (including phenoxy) is 1. The lowest BCUT2D eigenvalue weighted by Gasteiger charge is -2.07. The molecule has 1 aromatic heterocycles. The zero-order valence-corrected chi connectivity index (χ0v) is 10.6. The minimum Gasteiger partial charge on any atom is -0.496 e. The number of methoxy groups -OCH3 is 1. The maximum Gasteiger partial charge on any atom is 0.126 e. The number of pyridine rings is 1. The van der Waals surface area contributed by atoms with E-state index >= 15 is 0 Å². The van der Waals surface area contributed by atoms with Gasteiger partial charge >= 0.3 is 0 Å². The summed E-state index contributed by atoms with van der Waals surface area (Å²) in [5.74, 6) is 0.853. The van der Waals surface area contributed by atoms with Gasteiger partial charge in [0.05, 0.1) is 7.11 Å². The Labute approximate surface area is 98.5 Å². The molecule has 0 aliphatic rings. The molecule has 1 heterocycles. The number of rotatable bonds is 1. The largest absolute Gasteiger partial charge is 0.496 e. The number of aromatic nitrogens is 1. The van der Waals surface area contributed by atoms with Gasteiger partial charge in [0.1, 0.15) is 10.4 Å². The lowest BCUT2D eigenvalue weighted by Crippen LogP contribution is -1.87. The quantitative estimate of drug-likeness (QED) is 0.747. The minimum atomic E-state index is 0.820. The van der Waals surface area contributed by atoms with Gasteiger partial charge in [-0.15, -0.1) is 0 Å². The average molecular weight is 317 g/mol. The Bertz CT molecular complexity index is 477. The summed E-state index contributed by atoms with van der Waals surface area (Å²) >= 11 is 6.90. The summed E-state index contributed by atoms with van der Waals surface area (Å²) in [5, 5.41) is 2.08. The van der Waals surface area contributed by atoms with Gasteiger partial charge in [-0.05, 0) is 34.1 Å². The number of nitrogens with zero attached hydrogens (tertiary/aromatic N) is 1. The van der Waals surface area contributed by atoms with Gasteiger partial charge < -0.3 is 4.74 Å². The lowest BCUT2D eigenvalue weighted by molar-refractivity contribution is 0.419. The van der Waals surface area contributed by atoms with Crippen molar-refractivity contribution in [2.75, 3.05) is 7.11 Å². The van der Waals surface area contributed by atoms with Crippen LogP contribution in [0.4, 0.5) is 0 Å². The second kappa shape index (κ2) is 3.87. The maximum atomic E-state index is 5.27. The third-order valence-electron chi connectivity index (χ3n) is 2.01. The van der Waals surface area contributed by atoms with Gasteiger partial charge in [0.25, 0.3) is 0 Å². The van der Waals surface area contributed by atoms with Gasteiger partial charge in [-0.3, -0.25) is 0 Å². The molecule has 2 nitrogen and oxygen atoms in total. The van der Waals surface area contributed by atoms with Gasteiger partial charge in [-0.1, -0.05) is 15.9 Å². The molecule has 0 unspecified atom stereocenters. The highest BCUT2D eigenvalue weighted by atomic mass is 79.9. The Kier molecular flexibility index (Phi) is 2.74. The Morgan fingerprint density at radius 1 is 1.21 bits per heavy atom. The van der Waals surface area contributed by atoms with Crippen molar-refractivity contribution in [3.05, 3.63) is 33.5 Å². The minimum absolute atomic E-state index is 0.820. The van der Waals surface area contributed by atoms with Crippen LogP contribution in [0, 0.1) is 0 Å². The van der Waals surface area contributed by atoms with E-state index in [1.54, 1.807) is 13.3 Å². The Balaban J connectivity index is 2.91. The molecule has 0 radical (unpaired) electrons. The van der Waals surface area contributed by atoms with Crippen LogP contribution in [0.2, 0.25) is 0 Å². The van der Waals surface area contributed by atoms with Gasteiger partial charge in [0.15, 0.2) is 0 Å². The fourth-order valence-electron chi connectivity index (χ4n) is 1.37. The number of hydrogen-bond acceptors (Lipinski definition) is 2. The van der Waals surface area contributed by atoms with E-state index in [1.165, 1.54) is 0 Å². The number of benzene rings is 1. The molecule has 0 spiro atoms. The average Bonchev–Trinajstić information content (AvgIpc) is 2.18. The van der Waals surface area contributed by atoms with E-state index in [9.17, 15) is 0 Å². The van der Waals surface area contributed by atoms with Gasteiger partial charge in [0, 0.05) is 21.4 Å². The molecule has 0 N–H and O–H groups in total. The highest BCUT2D eigenvalue weighted by Gasteiger charge is 2.07. The van der Waals surface area contributed by atoms with Crippen molar-refractivity contribution in [1.29, 1.82) is 0 Å². The van der Waals surface area contributed by atoms with Crippen molar-refractivity contribution in [1.82, 2.24) is 4.98 Å². The third kappa shape index (κ3) is 1.53. The molecule has 2 rings (SSSR count). The van der Waals surface area contributed by atoms with Crippen molar-refractivity contribution in [3.63, 3.8) is 0 Å². The van der Waals surface area contributed by atoms with Gasteiger partial charge in [-0.25, -0.2) is 4.98 Å². The van der Waals surface area contributed by atoms with Crippen molar-refractivity contribution < 1.29 is 4.74 Å². The van der Waals surface area contributed by atoms with Crippen LogP contribution in [0.5, 0.6) is 5.75 Å². The first kappa shape index (κ1) is 9.93. The van der Waals surface area contributed by atoms with Crippen LogP contribution < -0.4 is 4.74 Å². The normalized spacial score (nSPS) is 10.5. The molecule has 1 aromatic carbocycles. The molecule has 4 heteroatoms. The third-order valence-corrected chi connectivity index (χ3v) is 3.27. The van der Waals surface area contributed by atoms with Crippen LogP contribution in [-0.4, -0.2) is 12.1 Å². The van der Waals surface area contributed by atoms with E-state index in [0.717, 1.165) is 25.6 Å². The molecule has 0 atom stereocenters. The van der Waals surface area contributed by atoms with Crippen molar-refractivity contribution >= 4 is 42.6 Å². The summed E-state index contributed by atoms with van der Waals surface area (Å²) in [7, 11) is 1.66. The zero-order chi connectivity index (χ0) is 10.1. The molecule has 0 amide bonds. The van der Waals surface area contributed by atoms with E-state index in [0.29, 0.717) is 0 Å². The van der Waals surface area contributed by atoms with Crippen LogP contribution >= 0.6 is 31.9 Å². The maximum absolute atomic E-state index is 5.27. The Hall–Kier alpha value is -0.610. The highest BCUT2D eigenvalue weighted by molar-refractivity contribution is 9.11. The molecule has 0 bridgehead atoms. The predicted molar refractivity (Wildman–Crippen MR) is 63.7 cm³/mol. The lowest BCUT2D eigenvalue weighted by atomic mass is 10.1. The Morgan fingerprint density at radius 3 is 2.71 bits per heavy atom. The molecular formula is C10H7Br2NO. The fraction of sp³-hybridized carbons (Fsp3) is 0.100. The molecule has 14 heavy (non-hydrogen) atoms. The van der Waals surface area contributed by atoms with Crippen molar-refractivity contribution in [2.45, 2.75) is 0 Å². The standard InChI is InChI=1S/C10H7Br2NO/c1-14-8-3-2-7(11)9-6(8)4-5-13-10(9)12/h2-5H,1H3. The summed E-state index contributed by atoms with van der Waals surface area (Å²) in [5.41, 5.74) is 0. The first-order valence-electron chi connectivity index (χ1n) is 4.00. The highest BCUT2D eigenvalue weighted by Crippen LogP contribution is 2.34. The van der Waals surface area contributed by atoms with Crippen LogP contribution in [0.25, 0.3) is 10.8 Å². The molecule has 0 fully saturated rings. The number of hydrogen-bond donors (Lipinski definition) is 0. The monoisotopic (exact) mass is 315 g/mol. The Morgan fingerprint density at radius 2 is 2.00 bits per heavy atom. The van der Waals surface area contributed by atoms with Crippen LogP contribution in [0.3, 0.4) is 0 Å². The molecule has 0 saturated carbocycles. The molecule has 2 aromatic rings. The molecule has 72 valence electrons. The van der Waals surface area contributed by atoms with E-state index in [1.807, 2.05) is 18.2 Å². The molecule has 0 saturated heterocycles. The summed E-state index contributed by atoms with van der Waals surface area (Å²) in [6.07, 6.45) is 1.75. The first-order valence-corrected chi connectivity index (χ1v) is 5.59. The van der Waals surface area contributed by atoms with E-state index in [-0.39, 0.29) is 0 Å². The topological polar surface area (TPSA) is 22.1 Å². The molecule has 0 aliphatic carbocycles. The van der Waals surface area contributed by atoms with Crippen LogP contribution in [0.1, 0.15) is 0 Å². The van der Waals surface area contributed by atoms with Crippen LogP contribution in [0.15, 0.2) is 33.5 Å². The van der Waals surface area contributed by atoms with Gasteiger partial charge in [-0.2, -0.15) is 0 Å². The second-order valence-corrected chi connectivity index (χ2v) is 4.38. The van der Waals surface area contributed by atoms with E-state index in [2.05, 4.69) is 36.8 Å². The summed E-state index contributed by atoms with van der Waals surface area (Å²) in [6, 6.07) is 5.82. The summed E-state index contributed by atoms with van der Waals surface area (Å²) in [4.78, 5) is 4.17. The van der Waals surface area contributed by atoms with Crippen molar-refractivity contribution in [2.24, 2.45) is 0 Å². The summed E-state index contributed by atoms with van der Waals surface area (Å²) in [6.45, 7) is 0. The molecular weight excluding hydrogens is 310 g/mol. The fourth-order valence-corrected chi connectivity index (χ4v) is 2.71. The zero-order valence-electron chi connectivity index (χ0n) is 7.42. The van der Waals surface area contributed by atoms with Gasteiger partial charge in [0.2, 0.25) is 0 Å². The molecule has 0 aliphatic heterocycles. The number of fused-ring (bicyclic) bond motifs is 1.